The highest BCUT2D eigenvalue weighted by atomic mass is 16.1. The van der Waals surface area contributed by atoms with Crippen LogP contribution in [0.25, 0.3) is 5.65 Å². The van der Waals surface area contributed by atoms with Gasteiger partial charge in [-0.2, -0.15) is 5.10 Å². The molecule has 0 unspecified atom stereocenters. The van der Waals surface area contributed by atoms with Crippen molar-refractivity contribution < 1.29 is 4.79 Å². The van der Waals surface area contributed by atoms with Crippen molar-refractivity contribution >= 4 is 11.6 Å². The molecule has 0 saturated carbocycles. The lowest BCUT2D eigenvalue weighted by molar-refractivity contribution is 0.0947. The number of rotatable bonds is 5. The molecule has 3 heterocycles. The Labute approximate surface area is 145 Å². The number of aryl methyl sites for hydroxylation is 2. The van der Waals surface area contributed by atoms with E-state index in [0.717, 1.165) is 54.8 Å². The van der Waals surface area contributed by atoms with E-state index in [4.69, 9.17) is 0 Å². The molecule has 0 aliphatic heterocycles. The summed E-state index contributed by atoms with van der Waals surface area (Å²) in [6.07, 6.45) is 9.00. The lowest BCUT2D eigenvalue weighted by Gasteiger charge is -2.05. The minimum absolute atomic E-state index is 0.0782. The summed E-state index contributed by atoms with van der Waals surface area (Å²) in [5.74, 6) is 0.837. The van der Waals surface area contributed by atoms with E-state index < -0.39 is 0 Å². The molecule has 0 fully saturated rings. The molecular formula is C18H22N6O. The van der Waals surface area contributed by atoms with Crippen LogP contribution in [0.1, 0.15) is 53.3 Å². The van der Waals surface area contributed by atoms with Crippen LogP contribution in [0.2, 0.25) is 0 Å². The van der Waals surface area contributed by atoms with Crippen molar-refractivity contribution in [3.8, 4) is 0 Å². The molecule has 0 atom stereocenters. The number of carbonyl (C=O) groups is 1. The minimum atomic E-state index is -0.0782. The molecule has 1 amide bonds. The number of aromatic amines is 1. The Morgan fingerprint density at radius 1 is 1.20 bits per heavy atom. The third kappa shape index (κ3) is 3.26. The third-order valence-corrected chi connectivity index (χ3v) is 4.77. The summed E-state index contributed by atoms with van der Waals surface area (Å²) in [5, 5.41) is 18.6. The molecule has 7 heteroatoms. The Hall–Kier alpha value is -2.70. The van der Waals surface area contributed by atoms with Crippen molar-refractivity contribution in [3.63, 3.8) is 0 Å². The summed E-state index contributed by atoms with van der Waals surface area (Å²) in [6, 6.07) is 5.84. The van der Waals surface area contributed by atoms with E-state index in [9.17, 15) is 4.79 Å². The first-order chi connectivity index (χ1) is 12.3. The number of hydrogen-bond acceptors (Lipinski definition) is 4. The maximum atomic E-state index is 12.4. The predicted molar refractivity (Wildman–Crippen MR) is 93.5 cm³/mol. The van der Waals surface area contributed by atoms with Gasteiger partial charge in [0.1, 0.15) is 5.82 Å². The molecule has 3 aromatic heterocycles. The van der Waals surface area contributed by atoms with E-state index in [1.165, 1.54) is 12.8 Å². The van der Waals surface area contributed by atoms with Crippen LogP contribution in [0.3, 0.4) is 0 Å². The summed E-state index contributed by atoms with van der Waals surface area (Å²) >= 11 is 0. The summed E-state index contributed by atoms with van der Waals surface area (Å²) < 4.78 is 1.98. The first-order valence-corrected chi connectivity index (χ1v) is 8.96. The topological polar surface area (TPSA) is 88.0 Å². The van der Waals surface area contributed by atoms with Gasteiger partial charge in [-0.3, -0.25) is 14.3 Å². The summed E-state index contributed by atoms with van der Waals surface area (Å²) in [5.41, 5.74) is 3.67. The molecule has 1 aliphatic carbocycles. The molecular weight excluding hydrogens is 316 g/mol. The van der Waals surface area contributed by atoms with E-state index in [1.807, 2.05) is 28.8 Å². The molecule has 7 nitrogen and oxygen atoms in total. The average molecular weight is 338 g/mol. The van der Waals surface area contributed by atoms with E-state index in [2.05, 4.69) is 25.7 Å². The van der Waals surface area contributed by atoms with E-state index in [-0.39, 0.29) is 5.91 Å². The third-order valence-electron chi connectivity index (χ3n) is 4.77. The van der Waals surface area contributed by atoms with Gasteiger partial charge in [-0.15, -0.1) is 10.2 Å². The van der Waals surface area contributed by atoms with Crippen LogP contribution in [0.4, 0.5) is 0 Å². The lowest BCUT2D eigenvalue weighted by atomic mass is 10.1. The molecule has 0 bridgehead atoms. The smallest absolute Gasteiger partial charge is 0.272 e. The van der Waals surface area contributed by atoms with Gasteiger partial charge in [0.2, 0.25) is 0 Å². The van der Waals surface area contributed by atoms with Crippen molar-refractivity contribution in [1.29, 1.82) is 0 Å². The van der Waals surface area contributed by atoms with Crippen molar-refractivity contribution in [2.75, 3.05) is 6.54 Å². The van der Waals surface area contributed by atoms with E-state index in [0.29, 0.717) is 12.2 Å². The molecule has 130 valence electrons. The van der Waals surface area contributed by atoms with Crippen LogP contribution in [0.5, 0.6) is 0 Å². The van der Waals surface area contributed by atoms with Crippen molar-refractivity contribution in [3.05, 3.63) is 47.2 Å². The molecule has 0 radical (unpaired) electrons. The minimum Gasteiger partial charge on any atom is -0.351 e. The van der Waals surface area contributed by atoms with Crippen LogP contribution in [-0.4, -0.2) is 37.2 Å². The van der Waals surface area contributed by atoms with Crippen LogP contribution in [0, 0.1) is 0 Å². The summed E-state index contributed by atoms with van der Waals surface area (Å²) in [7, 11) is 0. The van der Waals surface area contributed by atoms with Gasteiger partial charge in [0, 0.05) is 30.4 Å². The normalized spacial score (nSPS) is 14.2. The number of pyridine rings is 1. The van der Waals surface area contributed by atoms with Gasteiger partial charge in [-0.1, -0.05) is 12.5 Å². The Kier molecular flexibility index (Phi) is 4.45. The number of fused-ring (bicyclic) bond motifs is 2. The summed E-state index contributed by atoms with van der Waals surface area (Å²) in [4.78, 5) is 12.4. The van der Waals surface area contributed by atoms with Crippen molar-refractivity contribution in [1.82, 2.24) is 30.1 Å². The number of aromatic nitrogens is 5. The van der Waals surface area contributed by atoms with Gasteiger partial charge in [0.25, 0.3) is 5.91 Å². The maximum Gasteiger partial charge on any atom is 0.272 e. The number of carbonyl (C=O) groups excluding carboxylic acids is 1. The zero-order valence-electron chi connectivity index (χ0n) is 14.2. The molecule has 0 saturated heterocycles. The zero-order chi connectivity index (χ0) is 17.1. The van der Waals surface area contributed by atoms with Gasteiger partial charge in [0.05, 0.1) is 0 Å². The second-order valence-electron chi connectivity index (χ2n) is 6.49. The second kappa shape index (κ2) is 7.04. The van der Waals surface area contributed by atoms with Crippen molar-refractivity contribution in [2.45, 2.75) is 44.9 Å². The Bertz CT molecular complexity index is 881. The number of amides is 1. The molecule has 3 aromatic rings. The molecule has 2 N–H and O–H groups in total. The largest absolute Gasteiger partial charge is 0.351 e. The van der Waals surface area contributed by atoms with Crippen LogP contribution < -0.4 is 5.32 Å². The summed E-state index contributed by atoms with van der Waals surface area (Å²) in [6.45, 7) is 0.599. The van der Waals surface area contributed by atoms with Crippen LogP contribution in [0.15, 0.2) is 24.4 Å². The van der Waals surface area contributed by atoms with Crippen LogP contribution in [-0.2, 0) is 19.3 Å². The fraction of sp³-hybridized carbons (Fsp3) is 0.444. The Morgan fingerprint density at radius 3 is 3.08 bits per heavy atom. The fourth-order valence-corrected chi connectivity index (χ4v) is 3.44. The number of H-pyrrole nitrogens is 1. The zero-order valence-corrected chi connectivity index (χ0v) is 14.2. The van der Waals surface area contributed by atoms with Gasteiger partial charge >= 0.3 is 0 Å². The first-order valence-electron chi connectivity index (χ1n) is 8.96. The highest BCUT2D eigenvalue weighted by Crippen LogP contribution is 2.21. The Morgan fingerprint density at radius 2 is 2.12 bits per heavy atom. The standard InChI is InChI=1S/C18H22N6O/c25-18(17-13-7-2-1-3-8-14(13)20-23-17)19-11-6-10-16-22-21-15-9-4-5-12-24(15)16/h4-5,9,12H,1-3,6-8,10-11H2,(H,19,25)(H,20,23). The molecule has 0 aromatic carbocycles. The highest BCUT2D eigenvalue weighted by molar-refractivity contribution is 5.93. The maximum absolute atomic E-state index is 12.4. The molecule has 25 heavy (non-hydrogen) atoms. The number of nitrogens with zero attached hydrogens (tertiary/aromatic N) is 4. The Balaban J connectivity index is 1.33. The molecule has 4 rings (SSSR count). The van der Waals surface area contributed by atoms with E-state index in [1.54, 1.807) is 0 Å². The van der Waals surface area contributed by atoms with Gasteiger partial charge in [-0.25, -0.2) is 0 Å². The van der Waals surface area contributed by atoms with Gasteiger partial charge in [-0.05, 0) is 44.2 Å². The average Bonchev–Trinajstić information content (AvgIpc) is 3.16. The van der Waals surface area contributed by atoms with Crippen LogP contribution >= 0.6 is 0 Å². The second-order valence-corrected chi connectivity index (χ2v) is 6.49. The number of hydrogen-bond donors (Lipinski definition) is 2. The SMILES string of the molecule is O=C(NCCCc1nnc2ccccn12)c1n[nH]c2c1CCCCC2. The fourth-order valence-electron chi connectivity index (χ4n) is 3.44. The monoisotopic (exact) mass is 338 g/mol. The first kappa shape index (κ1) is 15.8. The lowest BCUT2D eigenvalue weighted by Crippen LogP contribution is -2.26. The molecule has 1 aliphatic rings. The quantitative estimate of drug-likeness (QED) is 0.551. The van der Waals surface area contributed by atoms with E-state index >= 15 is 0 Å². The number of nitrogens with one attached hydrogen (secondary N) is 2. The molecule has 0 spiro atoms. The van der Waals surface area contributed by atoms with Gasteiger partial charge < -0.3 is 5.32 Å². The highest BCUT2D eigenvalue weighted by Gasteiger charge is 2.20. The predicted octanol–water partition coefficient (Wildman–Crippen LogP) is 2.08. The van der Waals surface area contributed by atoms with Gasteiger partial charge in [0.15, 0.2) is 11.3 Å². The van der Waals surface area contributed by atoms with Crippen molar-refractivity contribution in [2.24, 2.45) is 0 Å².